The summed E-state index contributed by atoms with van der Waals surface area (Å²) in [7, 11) is 3.80. The van der Waals surface area contributed by atoms with Gasteiger partial charge in [0, 0.05) is 37.1 Å². The Morgan fingerprint density at radius 2 is 1.73 bits per heavy atom. The monoisotopic (exact) mass is 351 g/mol. The van der Waals surface area contributed by atoms with Crippen molar-refractivity contribution in [2.24, 2.45) is 0 Å². The maximum Gasteiger partial charge on any atom is 0.255 e. The first kappa shape index (κ1) is 18.0. The van der Waals surface area contributed by atoms with Gasteiger partial charge in [0.25, 0.3) is 11.8 Å². The Balaban J connectivity index is 1.80. The molecule has 2 N–H and O–H groups in total. The number of carbonyl (C=O) groups excluding carboxylic acids is 2. The van der Waals surface area contributed by atoms with Gasteiger partial charge in [-0.1, -0.05) is 19.1 Å². The maximum atomic E-state index is 12.5. The first-order valence-electron chi connectivity index (χ1n) is 9.00. The molecule has 0 radical (unpaired) electrons. The number of hydrogen-bond donors (Lipinski definition) is 2. The van der Waals surface area contributed by atoms with Crippen LogP contribution in [0.2, 0.25) is 0 Å². The molecule has 0 unspecified atom stereocenters. The fourth-order valence-corrected chi connectivity index (χ4v) is 2.77. The van der Waals surface area contributed by atoms with Crippen LogP contribution in [0.25, 0.3) is 0 Å². The number of carbonyl (C=O) groups is 2. The molecule has 1 fully saturated rings. The summed E-state index contributed by atoms with van der Waals surface area (Å²) < 4.78 is 0. The SMILES string of the molecule is CCc1ccc(C(=O)Nc2ccc(N(C)C)c(C(=O)NC3CC3)c2)cc1. The second-order valence-electron chi connectivity index (χ2n) is 6.88. The molecular formula is C21H25N3O2. The molecule has 0 atom stereocenters. The molecule has 0 saturated heterocycles. The van der Waals surface area contributed by atoms with Crippen LogP contribution < -0.4 is 15.5 Å². The summed E-state index contributed by atoms with van der Waals surface area (Å²) in [4.78, 5) is 26.9. The topological polar surface area (TPSA) is 61.4 Å². The van der Waals surface area contributed by atoms with Gasteiger partial charge in [-0.25, -0.2) is 0 Å². The summed E-state index contributed by atoms with van der Waals surface area (Å²) in [5.41, 5.74) is 3.80. The minimum atomic E-state index is -0.182. The molecular weight excluding hydrogens is 326 g/mol. The van der Waals surface area contributed by atoms with E-state index in [0.29, 0.717) is 16.8 Å². The minimum absolute atomic E-state index is 0.0976. The predicted octanol–water partition coefficient (Wildman–Crippen LogP) is 3.46. The zero-order chi connectivity index (χ0) is 18.7. The molecule has 26 heavy (non-hydrogen) atoms. The molecule has 5 nitrogen and oxygen atoms in total. The second kappa shape index (κ2) is 7.60. The number of anilines is 2. The normalized spacial score (nSPS) is 13.2. The Hall–Kier alpha value is -2.82. The summed E-state index contributed by atoms with van der Waals surface area (Å²) >= 11 is 0. The zero-order valence-corrected chi connectivity index (χ0v) is 15.5. The third kappa shape index (κ3) is 4.23. The molecule has 2 aromatic carbocycles. The summed E-state index contributed by atoms with van der Waals surface area (Å²) in [6.45, 7) is 2.08. The highest BCUT2D eigenvalue weighted by atomic mass is 16.2. The van der Waals surface area contributed by atoms with Gasteiger partial charge in [-0.3, -0.25) is 9.59 Å². The van der Waals surface area contributed by atoms with Gasteiger partial charge in [0.05, 0.1) is 5.56 Å². The zero-order valence-electron chi connectivity index (χ0n) is 15.5. The first-order valence-corrected chi connectivity index (χ1v) is 9.00. The quantitative estimate of drug-likeness (QED) is 0.838. The maximum absolute atomic E-state index is 12.5. The summed E-state index contributed by atoms with van der Waals surface area (Å²) in [6, 6.07) is 13.3. The number of benzene rings is 2. The highest BCUT2D eigenvalue weighted by molar-refractivity contribution is 6.06. The summed E-state index contributed by atoms with van der Waals surface area (Å²) in [6.07, 6.45) is 3.01. The first-order chi connectivity index (χ1) is 12.5. The number of hydrogen-bond acceptors (Lipinski definition) is 3. The molecule has 0 heterocycles. The average Bonchev–Trinajstić information content (AvgIpc) is 3.45. The summed E-state index contributed by atoms with van der Waals surface area (Å²) in [5.74, 6) is -0.279. The van der Waals surface area contributed by atoms with Crippen molar-refractivity contribution in [3.63, 3.8) is 0 Å². The standard InChI is InChI=1S/C21H25N3O2/c1-4-14-5-7-15(8-6-14)20(25)23-17-11-12-19(24(2)3)18(13-17)21(26)22-16-9-10-16/h5-8,11-13,16H,4,9-10H2,1-3H3,(H,22,26)(H,23,25). The van der Waals surface area contributed by atoms with Crippen molar-refractivity contribution in [1.29, 1.82) is 0 Å². The van der Waals surface area contributed by atoms with E-state index in [9.17, 15) is 9.59 Å². The van der Waals surface area contributed by atoms with Gasteiger partial charge in [-0.2, -0.15) is 0 Å². The van der Waals surface area contributed by atoms with Crippen LogP contribution in [0.1, 0.15) is 46.0 Å². The van der Waals surface area contributed by atoms with Gasteiger partial charge in [0.2, 0.25) is 0 Å². The molecule has 0 spiro atoms. The molecule has 0 bridgehead atoms. The van der Waals surface area contributed by atoms with Crippen LogP contribution >= 0.6 is 0 Å². The number of amides is 2. The predicted molar refractivity (Wildman–Crippen MR) is 105 cm³/mol. The van der Waals surface area contributed by atoms with Crippen LogP contribution in [0.4, 0.5) is 11.4 Å². The smallest absolute Gasteiger partial charge is 0.255 e. The third-order valence-corrected chi connectivity index (χ3v) is 4.52. The average molecular weight is 351 g/mol. The van der Waals surface area contributed by atoms with Crippen LogP contribution in [0.5, 0.6) is 0 Å². The van der Waals surface area contributed by atoms with Gasteiger partial charge in [-0.05, 0) is 55.2 Å². The lowest BCUT2D eigenvalue weighted by atomic mass is 10.1. The molecule has 1 saturated carbocycles. The van der Waals surface area contributed by atoms with Crippen LogP contribution in [-0.2, 0) is 6.42 Å². The van der Waals surface area contributed by atoms with E-state index >= 15 is 0 Å². The van der Waals surface area contributed by atoms with E-state index in [4.69, 9.17) is 0 Å². The Morgan fingerprint density at radius 1 is 1.04 bits per heavy atom. The largest absolute Gasteiger partial charge is 0.377 e. The molecule has 136 valence electrons. The van der Waals surface area contributed by atoms with E-state index in [1.54, 1.807) is 6.07 Å². The van der Waals surface area contributed by atoms with Crippen LogP contribution in [0.15, 0.2) is 42.5 Å². The molecule has 0 aromatic heterocycles. The van der Waals surface area contributed by atoms with Crippen LogP contribution in [-0.4, -0.2) is 32.0 Å². The molecule has 5 heteroatoms. The summed E-state index contributed by atoms with van der Waals surface area (Å²) in [5, 5.41) is 5.90. The lowest BCUT2D eigenvalue weighted by molar-refractivity contribution is 0.0950. The van der Waals surface area contributed by atoms with Crippen molar-refractivity contribution in [3.8, 4) is 0 Å². The van der Waals surface area contributed by atoms with Crippen LogP contribution in [0, 0.1) is 0 Å². The van der Waals surface area contributed by atoms with Crippen molar-refractivity contribution < 1.29 is 9.59 Å². The van der Waals surface area contributed by atoms with E-state index < -0.39 is 0 Å². The molecule has 2 aromatic rings. The number of aryl methyl sites for hydroxylation is 1. The van der Waals surface area contributed by atoms with Gasteiger partial charge in [0.15, 0.2) is 0 Å². The van der Waals surface area contributed by atoms with E-state index in [1.165, 1.54) is 5.56 Å². The van der Waals surface area contributed by atoms with Crippen molar-refractivity contribution in [1.82, 2.24) is 5.32 Å². The van der Waals surface area contributed by atoms with E-state index in [1.807, 2.05) is 55.4 Å². The van der Waals surface area contributed by atoms with Gasteiger partial charge in [0.1, 0.15) is 0 Å². The van der Waals surface area contributed by atoms with Gasteiger partial charge in [-0.15, -0.1) is 0 Å². The van der Waals surface area contributed by atoms with Crippen molar-refractivity contribution >= 4 is 23.2 Å². The van der Waals surface area contributed by atoms with Crippen molar-refractivity contribution in [2.45, 2.75) is 32.2 Å². The van der Waals surface area contributed by atoms with E-state index in [2.05, 4.69) is 17.6 Å². The Kier molecular flexibility index (Phi) is 5.26. The van der Waals surface area contributed by atoms with Crippen molar-refractivity contribution in [3.05, 3.63) is 59.2 Å². The number of rotatable bonds is 6. The van der Waals surface area contributed by atoms with Crippen molar-refractivity contribution in [2.75, 3.05) is 24.3 Å². The molecule has 1 aliphatic carbocycles. The lowest BCUT2D eigenvalue weighted by Crippen LogP contribution is -2.27. The van der Waals surface area contributed by atoms with Gasteiger partial charge >= 0.3 is 0 Å². The fraction of sp³-hybridized carbons (Fsp3) is 0.333. The lowest BCUT2D eigenvalue weighted by Gasteiger charge is -2.18. The number of nitrogens with zero attached hydrogens (tertiary/aromatic N) is 1. The molecule has 0 aliphatic heterocycles. The molecule has 1 aliphatic rings. The van der Waals surface area contributed by atoms with E-state index in [-0.39, 0.29) is 17.9 Å². The highest BCUT2D eigenvalue weighted by Crippen LogP contribution is 2.25. The van der Waals surface area contributed by atoms with Crippen LogP contribution in [0.3, 0.4) is 0 Å². The van der Waals surface area contributed by atoms with Gasteiger partial charge < -0.3 is 15.5 Å². The highest BCUT2D eigenvalue weighted by Gasteiger charge is 2.25. The third-order valence-electron chi connectivity index (χ3n) is 4.52. The Labute approximate surface area is 154 Å². The fourth-order valence-electron chi connectivity index (χ4n) is 2.77. The minimum Gasteiger partial charge on any atom is -0.377 e. The Morgan fingerprint density at radius 3 is 2.31 bits per heavy atom. The second-order valence-corrected chi connectivity index (χ2v) is 6.88. The Bertz CT molecular complexity index is 809. The molecule has 2 amide bonds. The van der Waals surface area contributed by atoms with E-state index in [0.717, 1.165) is 24.9 Å². The number of nitrogens with one attached hydrogen (secondary N) is 2. The molecule has 3 rings (SSSR count).